The zero-order valence-corrected chi connectivity index (χ0v) is 10.5. The molecule has 0 radical (unpaired) electrons. The summed E-state index contributed by atoms with van der Waals surface area (Å²) in [6.07, 6.45) is 2.58. The average Bonchev–Trinajstić information content (AvgIpc) is 2.93. The Bertz CT molecular complexity index is 585. The number of rotatable bonds is 3. The quantitative estimate of drug-likeness (QED) is 0.798. The van der Waals surface area contributed by atoms with Gasteiger partial charge in [0, 0.05) is 12.6 Å². The first kappa shape index (κ1) is 12.4. The van der Waals surface area contributed by atoms with Gasteiger partial charge in [0.1, 0.15) is 12.0 Å². The molecule has 0 aromatic carbocycles. The van der Waals surface area contributed by atoms with E-state index in [9.17, 15) is 13.2 Å². The fourth-order valence-electron chi connectivity index (χ4n) is 2.53. The highest BCUT2D eigenvalue weighted by atomic mass is 32.3. The standard InChI is InChI=1S/C9H11N3O6S/c13-9-11-5-6(12(9)18-19(14,15)16)1-2-8(11)7-3-4-17-10-7/h3-4,6,8H,1-2,5H2,(H,14,15,16). The van der Waals surface area contributed by atoms with Crippen molar-refractivity contribution >= 4 is 16.4 Å². The van der Waals surface area contributed by atoms with Gasteiger partial charge >= 0.3 is 16.4 Å². The Hall–Kier alpha value is -1.65. The minimum absolute atomic E-state index is 0.266. The molecule has 2 fully saturated rings. The van der Waals surface area contributed by atoms with Gasteiger partial charge in [-0.05, 0) is 12.8 Å². The van der Waals surface area contributed by atoms with Crippen LogP contribution in [0.15, 0.2) is 16.9 Å². The summed E-state index contributed by atoms with van der Waals surface area (Å²) in [5, 5.41) is 4.50. The summed E-state index contributed by atoms with van der Waals surface area (Å²) in [4.78, 5) is 13.5. The van der Waals surface area contributed by atoms with Gasteiger partial charge in [0.2, 0.25) is 0 Å². The van der Waals surface area contributed by atoms with Crippen LogP contribution in [0.5, 0.6) is 0 Å². The second-order valence-corrected chi connectivity index (χ2v) is 5.44. The van der Waals surface area contributed by atoms with E-state index in [2.05, 4.69) is 9.44 Å². The number of nitrogens with zero attached hydrogens (tertiary/aromatic N) is 3. The summed E-state index contributed by atoms with van der Waals surface area (Å²) in [6, 6.07) is 0.396. The molecule has 0 aliphatic carbocycles. The first-order valence-corrected chi connectivity index (χ1v) is 6.99. The predicted octanol–water partition coefficient (Wildman–Crippen LogP) is 0.350. The zero-order valence-electron chi connectivity index (χ0n) is 9.67. The highest BCUT2D eigenvalue weighted by Gasteiger charge is 2.48. The van der Waals surface area contributed by atoms with Gasteiger partial charge in [0.15, 0.2) is 0 Å². The molecule has 0 saturated carbocycles. The zero-order chi connectivity index (χ0) is 13.6. The smallest absolute Gasteiger partial charge is 0.364 e. The van der Waals surface area contributed by atoms with E-state index in [1.165, 1.54) is 11.2 Å². The van der Waals surface area contributed by atoms with E-state index >= 15 is 0 Å². The molecule has 1 N–H and O–H groups in total. The Morgan fingerprint density at radius 2 is 2.26 bits per heavy atom. The molecule has 2 aliphatic rings. The third kappa shape index (κ3) is 2.17. The monoisotopic (exact) mass is 289 g/mol. The van der Waals surface area contributed by atoms with E-state index in [0.717, 1.165) is 0 Å². The number of amides is 2. The Kier molecular flexibility index (Phi) is 2.73. The Labute approximate surface area is 108 Å². The summed E-state index contributed by atoms with van der Waals surface area (Å²) >= 11 is 0. The van der Waals surface area contributed by atoms with Crippen molar-refractivity contribution < 1.29 is 26.6 Å². The SMILES string of the molecule is O=C1N2CC(CCC2c2ccon2)N1OS(=O)(=O)O. The average molecular weight is 289 g/mol. The van der Waals surface area contributed by atoms with Crippen molar-refractivity contribution in [2.45, 2.75) is 24.9 Å². The highest BCUT2D eigenvalue weighted by Crippen LogP contribution is 2.37. The summed E-state index contributed by atoms with van der Waals surface area (Å²) in [6.45, 7) is 0.325. The summed E-state index contributed by atoms with van der Waals surface area (Å²) in [5.74, 6) is 0. The fraction of sp³-hybridized carbons (Fsp3) is 0.556. The minimum Gasteiger partial charge on any atom is -0.364 e. The third-order valence-electron chi connectivity index (χ3n) is 3.30. The summed E-state index contributed by atoms with van der Waals surface area (Å²) in [5.41, 5.74) is 0.612. The van der Waals surface area contributed by atoms with E-state index in [0.29, 0.717) is 30.1 Å². The molecule has 0 spiro atoms. The molecular weight excluding hydrogens is 278 g/mol. The number of piperidine rings is 1. The molecule has 9 nitrogen and oxygen atoms in total. The van der Waals surface area contributed by atoms with Gasteiger partial charge < -0.3 is 9.42 Å². The molecule has 1 aromatic rings. The molecule has 2 atom stereocenters. The van der Waals surface area contributed by atoms with Gasteiger partial charge in [-0.2, -0.15) is 13.5 Å². The van der Waals surface area contributed by atoms with Gasteiger partial charge in [-0.3, -0.25) is 4.55 Å². The predicted molar refractivity (Wildman–Crippen MR) is 58.8 cm³/mol. The Morgan fingerprint density at radius 3 is 2.89 bits per heavy atom. The molecule has 10 heteroatoms. The van der Waals surface area contributed by atoms with E-state index in [4.69, 9.17) is 9.08 Å². The van der Waals surface area contributed by atoms with Crippen LogP contribution in [0.1, 0.15) is 24.6 Å². The maximum absolute atomic E-state index is 12.1. The second-order valence-electron chi connectivity index (χ2n) is 4.43. The van der Waals surface area contributed by atoms with Crippen molar-refractivity contribution in [3.63, 3.8) is 0 Å². The molecule has 3 rings (SSSR count). The van der Waals surface area contributed by atoms with Crippen molar-refractivity contribution in [1.29, 1.82) is 0 Å². The van der Waals surface area contributed by atoms with Crippen molar-refractivity contribution in [2.75, 3.05) is 6.54 Å². The molecule has 2 saturated heterocycles. The van der Waals surface area contributed by atoms with Gasteiger partial charge in [-0.1, -0.05) is 5.16 Å². The highest BCUT2D eigenvalue weighted by molar-refractivity contribution is 7.80. The normalized spacial score (nSPS) is 27.1. The number of carbonyl (C=O) groups excluding carboxylic acids is 1. The van der Waals surface area contributed by atoms with Crippen LogP contribution >= 0.6 is 0 Å². The lowest BCUT2D eigenvalue weighted by Crippen LogP contribution is -2.35. The van der Waals surface area contributed by atoms with Crippen LogP contribution in [0, 0.1) is 0 Å². The van der Waals surface area contributed by atoms with E-state index in [-0.39, 0.29) is 6.04 Å². The number of hydroxylamine groups is 2. The van der Waals surface area contributed by atoms with Crippen LogP contribution in [0.25, 0.3) is 0 Å². The van der Waals surface area contributed by atoms with Crippen molar-refractivity contribution in [3.8, 4) is 0 Å². The topological polar surface area (TPSA) is 113 Å². The van der Waals surface area contributed by atoms with Gasteiger partial charge in [0.25, 0.3) is 0 Å². The number of hydrogen-bond acceptors (Lipinski definition) is 6. The van der Waals surface area contributed by atoms with Gasteiger partial charge in [0.05, 0.1) is 12.1 Å². The number of aromatic nitrogens is 1. The second kappa shape index (κ2) is 4.18. The van der Waals surface area contributed by atoms with Crippen molar-refractivity contribution in [3.05, 3.63) is 18.0 Å². The molecular formula is C9H11N3O6S. The maximum atomic E-state index is 12.1. The molecule has 1 aromatic heterocycles. The third-order valence-corrected chi connectivity index (χ3v) is 3.65. The van der Waals surface area contributed by atoms with E-state index in [1.54, 1.807) is 6.07 Å². The van der Waals surface area contributed by atoms with Crippen LogP contribution in [0.3, 0.4) is 0 Å². The molecule has 2 aliphatic heterocycles. The van der Waals surface area contributed by atoms with Crippen LogP contribution in [-0.4, -0.2) is 46.7 Å². The largest absolute Gasteiger partial charge is 0.418 e. The molecule has 3 heterocycles. The lowest BCUT2D eigenvalue weighted by atomic mass is 9.99. The summed E-state index contributed by atoms with van der Waals surface area (Å²) < 4.78 is 39.2. The lowest BCUT2D eigenvalue weighted by Gasteiger charge is -2.28. The van der Waals surface area contributed by atoms with Gasteiger partial charge in [-0.15, -0.1) is 4.28 Å². The van der Waals surface area contributed by atoms with Crippen LogP contribution in [0.4, 0.5) is 4.79 Å². The Morgan fingerprint density at radius 1 is 1.47 bits per heavy atom. The maximum Gasteiger partial charge on any atom is 0.418 e. The van der Waals surface area contributed by atoms with E-state index in [1.807, 2.05) is 0 Å². The lowest BCUT2D eigenvalue weighted by molar-refractivity contribution is -0.0317. The fourth-order valence-corrected chi connectivity index (χ4v) is 2.92. The minimum atomic E-state index is -4.71. The Balaban J connectivity index is 1.84. The number of fused-ring (bicyclic) bond motifs is 2. The van der Waals surface area contributed by atoms with Crippen LogP contribution in [-0.2, 0) is 14.7 Å². The first-order chi connectivity index (χ1) is 8.96. The number of urea groups is 1. The molecule has 2 bridgehead atoms. The number of hydrogen-bond donors (Lipinski definition) is 1. The van der Waals surface area contributed by atoms with E-state index < -0.39 is 22.5 Å². The summed E-state index contributed by atoms with van der Waals surface area (Å²) in [7, 11) is -4.71. The molecule has 2 unspecified atom stereocenters. The number of carbonyl (C=O) groups is 1. The van der Waals surface area contributed by atoms with Crippen molar-refractivity contribution in [1.82, 2.24) is 15.1 Å². The molecule has 19 heavy (non-hydrogen) atoms. The molecule has 2 amide bonds. The molecule has 104 valence electrons. The van der Waals surface area contributed by atoms with Gasteiger partial charge in [-0.25, -0.2) is 4.79 Å². The first-order valence-electron chi connectivity index (χ1n) is 5.63. The van der Waals surface area contributed by atoms with Crippen molar-refractivity contribution in [2.24, 2.45) is 0 Å². The van der Waals surface area contributed by atoms with Crippen LogP contribution in [0.2, 0.25) is 0 Å². The van der Waals surface area contributed by atoms with Crippen LogP contribution < -0.4 is 0 Å².